The van der Waals surface area contributed by atoms with Crippen LogP contribution in [0, 0.1) is 0 Å². The Morgan fingerprint density at radius 2 is 1.83 bits per heavy atom. The van der Waals surface area contributed by atoms with Crippen LogP contribution in [0.3, 0.4) is 0 Å². The molecule has 122 valence electrons. The van der Waals surface area contributed by atoms with Crippen molar-refractivity contribution < 1.29 is 4.79 Å². The number of aromatic nitrogens is 2. The van der Waals surface area contributed by atoms with E-state index in [1.807, 2.05) is 6.07 Å². The molecule has 0 spiro atoms. The smallest absolute Gasteiger partial charge is 0.271 e. The van der Waals surface area contributed by atoms with Crippen LogP contribution < -0.4 is 10.6 Å². The van der Waals surface area contributed by atoms with E-state index in [0.29, 0.717) is 11.5 Å². The van der Waals surface area contributed by atoms with Crippen LogP contribution in [-0.2, 0) is 5.41 Å². The van der Waals surface area contributed by atoms with Crippen LogP contribution in [-0.4, -0.2) is 29.2 Å². The lowest BCUT2D eigenvalue weighted by Gasteiger charge is -2.29. The van der Waals surface area contributed by atoms with Crippen LogP contribution in [0.25, 0.3) is 0 Å². The van der Waals surface area contributed by atoms with Crippen LogP contribution in [0.4, 0.5) is 5.82 Å². The van der Waals surface area contributed by atoms with E-state index in [2.05, 4.69) is 65.9 Å². The summed E-state index contributed by atoms with van der Waals surface area (Å²) in [6.07, 6.45) is 0.954. The van der Waals surface area contributed by atoms with Gasteiger partial charge in [-0.2, -0.15) is 0 Å². The van der Waals surface area contributed by atoms with Gasteiger partial charge in [-0.05, 0) is 36.5 Å². The molecule has 0 radical (unpaired) electrons. The molecule has 0 fully saturated rings. The molecule has 1 aromatic heterocycles. The molecule has 0 saturated heterocycles. The summed E-state index contributed by atoms with van der Waals surface area (Å²) in [6, 6.07) is 14.2. The topological polar surface area (TPSA) is 66.9 Å². The Morgan fingerprint density at radius 3 is 2.39 bits per heavy atom. The molecule has 0 aliphatic heterocycles. The number of anilines is 1. The molecule has 1 heterocycles. The number of hydrogen-bond donors (Lipinski definition) is 2. The quantitative estimate of drug-likeness (QED) is 0.860. The average Bonchev–Trinajstić information content (AvgIpc) is 2.55. The number of nitrogens with zero attached hydrogens (tertiary/aromatic N) is 2. The van der Waals surface area contributed by atoms with Gasteiger partial charge in [-0.15, -0.1) is 10.2 Å². The Morgan fingerprint density at radius 1 is 1.13 bits per heavy atom. The van der Waals surface area contributed by atoms with Crippen LogP contribution >= 0.6 is 0 Å². The summed E-state index contributed by atoms with van der Waals surface area (Å²) < 4.78 is 0. The highest BCUT2D eigenvalue weighted by Crippen LogP contribution is 2.28. The van der Waals surface area contributed by atoms with Crippen molar-refractivity contribution in [3.8, 4) is 0 Å². The van der Waals surface area contributed by atoms with Crippen molar-refractivity contribution in [3.63, 3.8) is 0 Å². The molecular formula is C18H24N4O. The number of hydrogen-bond acceptors (Lipinski definition) is 4. The Balaban J connectivity index is 1.99. The maximum atomic E-state index is 11.5. The monoisotopic (exact) mass is 312 g/mol. The molecule has 0 bridgehead atoms. The summed E-state index contributed by atoms with van der Waals surface area (Å²) in [5.41, 5.74) is 1.69. The molecule has 23 heavy (non-hydrogen) atoms. The second kappa shape index (κ2) is 7.22. The maximum absolute atomic E-state index is 11.5. The van der Waals surface area contributed by atoms with E-state index in [1.54, 1.807) is 19.2 Å². The fraction of sp³-hybridized carbons (Fsp3) is 0.389. The molecule has 2 rings (SSSR count). The predicted molar refractivity (Wildman–Crippen MR) is 92.6 cm³/mol. The third kappa shape index (κ3) is 4.52. The van der Waals surface area contributed by atoms with Gasteiger partial charge in [0.2, 0.25) is 0 Å². The van der Waals surface area contributed by atoms with Gasteiger partial charge in [0.25, 0.3) is 5.91 Å². The van der Waals surface area contributed by atoms with E-state index in [1.165, 1.54) is 5.56 Å². The van der Waals surface area contributed by atoms with Gasteiger partial charge in [-0.3, -0.25) is 4.79 Å². The second-order valence-corrected chi connectivity index (χ2v) is 6.38. The zero-order chi connectivity index (χ0) is 16.9. The minimum Gasteiger partial charge on any atom is -0.366 e. The van der Waals surface area contributed by atoms with Crippen molar-refractivity contribution in [2.45, 2.75) is 38.6 Å². The Bertz CT molecular complexity index is 638. The van der Waals surface area contributed by atoms with Crippen molar-refractivity contribution in [3.05, 3.63) is 53.7 Å². The summed E-state index contributed by atoms with van der Waals surface area (Å²) >= 11 is 0. The molecule has 5 heteroatoms. The van der Waals surface area contributed by atoms with Crippen molar-refractivity contribution in [1.82, 2.24) is 15.5 Å². The first-order valence-electron chi connectivity index (χ1n) is 7.80. The van der Waals surface area contributed by atoms with Crippen LogP contribution in [0.2, 0.25) is 0 Å². The van der Waals surface area contributed by atoms with E-state index in [9.17, 15) is 4.79 Å². The molecule has 1 amide bonds. The Kier molecular flexibility index (Phi) is 5.32. The minimum atomic E-state index is -0.234. The van der Waals surface area contributed by atoms with E-state index >= 15 is 0 Å². The summed E-state index contributed by atoms with van der Waals surface area (Å²) in [5.74, 6) is 0.441. The first kappa shape index (κ1) is 16.9. The van der Waals surface area contributed by atoms with Crippen molar-refractivity contribution in [2.75, 3.05) is 12.4 Å². The molecule has 2 aromatic rings. The van der Waals surface area contributed by atoms with Crippen LogP contribution in [0.15, 0.2) is 42.5 Å². The molecule has 0 saturated carbocycles. The van der Waals surface area contributed by atoms with E-state index in [4.69, 9.17) is 0 Å². The van der Waals surface area contributed by atoms with Crippen LogP contribution in [0.5, 0.6) is 0 Å². The van der Waals surface area contributed by atoms with Gasteiger partial charge >= 0.3 is 0 Å². The summed E-state index contributed by atoms with van der Waals surface area (Å²) in [7, 11) is 1.57. The predicted octanol–water partition coefficient (Wildman–Crippen LogP) is 3.00. The Hall–Kier alpha value is -2.43. The van der Waals surface area contributed by atoms with Gasteiger partial charge in [0.05, 0.1) is 0 Å². The molecule has 0 aliphatic rings. The lowest BCUT2D eigenvalue weighted by Crippen LogP contribution is -2.28. The highest BCUT2D eigenvalue weighted by atomic mass is 16.1. The van der Waals surface area contributed by atoms with E-state index in [0.717, 1.165) is 6.42 Å². The van der Waals surface area contributed by atoms with E-state index in [-0.39, 0.29) is 17.4 Å². The zero-order valence-electron chi connectivity index (χ0n) is 14.1. The number of rotatable bonds is 6. The number of nitrogens with one attached hydrogen (secondary N) is 2. The molecule has 5 nitrogen and oxygen atoms in total. The average molecular weight is 312 g/mol. The van der Waals surface area contributed by atoms with E-state index < -0.39 is 0 Å². The summed E-state index contributed by atoms with van der Waals surface area (Å²) in [4.78, 5) is 11.5. The third-order valence-corrected chi connectivity index (χ3v) is 3.89. The minimum absolute atomic E-state index is 0.0587. The molecule has 1 aromatic carbocycles. The normalized spacial score (nSPS) is 12.5. The standard InChI is InChI=1S/C18H24N4O/c1-13(12-18(2,3)14-8-6-5-7-9-14)20-16-11-10-15(21-22-16)17(23)19-4/h5-11,13H,12H2,1-4H3,(H,19,23)(H,20,22). The third-order valence-electron chi connectivity index (χ3n) is 3.89. The first-order valence-corrected chi connectivity index (χ1v) is 7.80. The molecule has 0 aliphatic carbocycles. The van der Waals surface area contributed by atoms with Gasteiger partial charge < -0.3 is 10.6 Å². The molecule has 2 N–H and O–H groups in total. The Labute approximate surface area is 137 Å². The SMILES string of the molecule is CNC(=O)c1ccc(NC(C)CC(C)(C)c2ccccc2)nn1. The van der Waals surface area contributed by atoms with Gasteiger partial charge in [0.1, 0.15) is 5.82 Å². The van der Waals surface area contributed by atoms with Gasteiger partial charge in [0, 0.05) is 13.1 Å². The number of amides is 1. The largest absolute Gasteiger partial charge is 0.366 e. The lowest BCUT2D eigenvalue weighted by molar-refractivity contribution is 0.0957. The highest BCUT2D eigenvalue weighted by Gasteiger charge is 2.23. The van der Waals surface area contributed by atoms with Crippen LogP contribution in [0.1, 0.15) is 43.2 Å². The van der Waals surface area contributed by atoms with Crippen molar-refractivity contribution >= 4 is 11.7 Å². The van der Waals surface area contributed by atoms with Crippen molar-refractivity contribution in [2.24, 2.45) is 0 Å². The second-order valence-electron chi connectivity index (χ2n) is 6.38. The first-order chi connectivity index (χ1) is 10.9. The summed E-state index contributed by atoms with van der Waals surface area (Å²) in [6.45, 7) is 6.60. The van der Waals surface area contributed by atoms with Gasteiger partial charge in [-0.25, -0.2) is 0 Å². The van der Waals surface area contributed by atoms with Gasteiger partial charge in [0.15, 0.2) is 5.69 Å². The number of benzene rings is 1. The van der Waals surface area contributed by atoms with Gasteiger partial charge in [-0.1, -0.05) is 44.2 Å². The maximum Gasteiger partial charge on any atom is 0.271 e. The molecule has 1 atom stereocenters. The lowest BCUT2D eigenvalue weighted by atomic mass is 9.79. The number of carbonyl (C=O) groups excluding carboxylic acids is 1. The molecular weight excluding hydrogens is 288 g/mol. The fourth-order valence-electron chi connectivity index (χ4n) is 2.73. The molecule has 1 unspecified atom stereocenters. The fourth-order valence-corrected chi connectivity index (χ4v) is 2.73. The zero-order valence-corrected chi connectivity index (χ0v) is 14.1. The van der Waals surface area contributed by atoms with Crippen molar-refractivity contribution in [1.29, 1.82) is 0 Å². The highest BCUT2D eigenvalue weighted by molar-refractivity contribution is 5.91. The summed E-state index contributed by atoms with van der Waals surface area (Å²) in [5, 5.41) is 13.9. The number of carbonyl (C=O) groups is 1.